The highest BCUT2D eigenvalue weighted by molar-refractivity contribution is 5.91. The molecule has 2 amide bonds. The monoisotopic (exact) mass is 399 g/mol. The molecule has 1 atom stereocenters. The molecule has 1 saturated heterocycles. The number of hydrogen-bond donors (Lipinski definition) is 1. The summed E-state index contributed by atoms with van der Waals surface area (Å²) in [4.78, 5) is 39.2. The number of aromatic nitrogens is 3. The standard InChI is InChI=1S/C20H25N5O4/c1-14-4-2-5-15(10-14)12-23-7-8-24-18(19(23)27)22-25(20(24)28)13-17(26)21-11-16-6-3-9-29-16/h2,4-5,10,16H,3,6-9,11-13H2,1H3,(H,21,26). The van der Waals surface area contributed by atoms with Crippen molar-refractivity contribution < 1.29 is 14.3 Å². The van der Waals surface area contributed by atoms with E-state index in [1.54, 1.807) is 4.90 Å². The molecular formula is C20H25N5O4. The first-order valence-electron chi connectivity index (χ1n) is 9.92. The Kier molecular flexibility index (Phi) is 5.48. The van der Waals surface area contributed by atoms with Crippen molar-refractivity contribution >= 4 is 11.8 Å². The van der Waals surface area contributed by atoms with Gasteiger partial charge in [-0.05, 0) is 25.3 Å². The van der Waals surface area contributed by atoms with E-state index >= 15 is 0 Å². The summed E-state index contributed by atoms with van der Waals surface area (Å²) in [6.07, 6.45) is 1.95. The number of benzene rings is 1. The molecule has 4 rings (SSSR count). The van der Waals surface area contributed by atoms with Gasteiger partial charge in [0.1, 0.15) is 6.54 Å². The molecule has 29 heavy (non-hydrogen) atoms. The SMILES string of the molecule is Cc1cccc(CN2CCn3c(nn(CC(=O)NCC4CCCO4)c3=O)C2=O)c1. The van der Waals surface area contributed by atoms with Gasteiger partial charge in [0.05, 0.1) is 6.10 Å². The highest BCUT2D eigenvalue weighted by Crippen LogP contribution is 2.14. The van der Waals surface area contributed by atoms with Gasteiger partial charge in [-0.15, -0.1) is 5.10 Å². The zero-order valence-electron chi connectivity index (χ0n) is 16.5. The first kappa shape index (κ1) is 19.4. The molecule has 0 saturated carbocycles. The molecule has 1 aromatic carbocycles. The second-order valence-corrected chi connectivity index (χ2v) is 7.57. The van der Waals surface area contributed by atoms with Gasteiger partial charge >= 0.3 is 5.69 Å². The summed E-state index contributed by atoms with van der Waals surface area (Å²) in [6.45, 7) is 4.18. The number of nitrogens with zero attached hydrogens (tertiary/aromatic N) is 4. The molecule has 1 unspecified atom stereocenters. The Hall–Kier alpha value is -2.94. The molecule has 9 nitrogen and oxygen atoms in total. The van der Waals surface area contributed by atoms with Crippen molar-refractivity contribution in [1.29, 1.82) is 0 Å². The molecule has 1 fully saturated rings. The maximum absolute atomic E-state index is 12.8. The predicted octanol–water partition coefficient (Wildman–Crippen LogP) is 0.304. The number of rotatable bonds is 6. The fraction of sp³-hybridized carbons (Fsp3) is 0.500. The summed E-state index contributed by atoms with van der Waals surface area (Å²) in [5.74, 6) is -0.531. The number of nitrogens with one attached hydrogen (secondary N) is 1. The molecule has 154 valence electrons. The largest absolute Gasteiger partial charge is 0.376 e. The Bertz CT molecular complexity index is 973. The lowest BCUT2D eigenvalue weighted by Gasteiger charge is -2.26. The van der Waals surface area contributed by atoms with Crippen LogP contribution in [0.15, 0.2) is 29.1 Å². The van der Waals surface area contributed by atoms with Crippen molar-refractivity contribution in [1.82, 2.24) is 24.6 Å². The van der Waals surface area contributed by atoms with Gasteiger partial charge in [0.2, 0.25) is 11.7 Å². The minimum absolute atomic E-state index is 0.0302. The maximum Gasteiger partial charge on any atom is 0.346 e. The van der Waals surface area contributed by atoms with E-state index in [2.05, 4.69) is 10.4 Å². The smallest absolute Gasteiger partial charge is 0.346 e. The number of ether oxygens (including phenoxy) is 1. The third-order valence-electron chi connectivity index (χ3n) is 5.30. The van der Waals surface area contributed by atoms with Gasteiger partial charge in [-0.3, -0.25) is 14.2 Å². The van der Waals surface area contributed by atoms with Gasteiger partial charge in [0.15, 0.2) is 0 Å². The molecule has 0 aliphatic carbocycles. The number of amides is 2. The van der Waals surface area contributed by atoms with Gasteiger partial charge in [0.25, 0.3) is 5.91 Å². The van der Waals surface area contributed by atoms with Crippen molar-refractivity contribution in [2.75, 3.05) is 19.7 Å². The summed E-state index contributed by atoms with van der Waals surface area (Å²) in [5.41, 5.74) is 1.72. The van der Waals surface area contributed by atoms with Crippen LogP contribution in [0.5, 0.6) is 0 Å². The Morgan fingerprint density at radius 2 is 2.17 bits per heavy atom. The number of carbonyl (C=O) groups excluding carboxylic acids is 2. The normalized spacial score (nSPS) is 18.7. The molecule has 1 N–H and O–H groups in total. The molecule has 2 aliphatic rings. The molecule has 3 heterocycles. The van der Waals surface area contributed by atoms with E-state index < -0.39 is 5.69 Å². The maximum atomic E-state index is 12.8. The first-order chi connectivity index (χ1) is 14.0. The van der Waals surface area contributed by atoms with E-state index in [0.717, 1.165) is 35.3 Å². The second-order valence-electron chi connectivity index (χ2n) is 7.57. The third-order valence-corrected chi connectivity index (χ3v) is 5.30. The number of carbonyl (C=O) groups is 2. The van der Waals surface area contributed by atoms with Crippen molar-refractivity contribution in [3.63, 3.8) is 0 Å². The Labute approximate surface area is 168 Å². The molecule has 1 aromatic heterocycles. The van der Waals surface area contributed by atoms with Crippen LogP contribution in [0.25, 0.3) is 0 Å². The van der Waals surface area contributed by atoms with Crippen molar-refractivity contribution in [2.45, 2.75) is 45.5 Å². The van der Waals surface area contributed by atoms with Crippen LogP contribution < -0.4 is 11.0 Å². The summed E-state index contributed by atoms with van der Waals surface area (Å²) in [5, 5.41) is 6.91. The van der Waals surface area contributed by atoms with E-state index in [4.69, 9.17) is 4.74 Å². The van der Waals surface area contributed by atoms with Crippen LogP contribution in [0.3, 0.4) is 0 Å². The van der Waals surface area contributed by atoms with Crippen molar-refractivity contribution in [3.8, 4) is 0 Å². The minimum Gasteiger partial charge on any atom is -0.376 e. The fourth-order valence-corrected chi connectivity index (χ4v) is 3.77. The average Bonchev–Trinajstić information content (AvgIpc) is 3.32. The van der Waals surface area contributed by atoms with E-state index in [0.29, 0.717) is 26.2 Å². The van der Waals surface area contributed by atoms with Crippen LogP contribution in [0.4, 0.5) is 0 Å². The Morgan fingerprint density at radius 1 is 1.31 bits per heavy atom. The van der Waals surface area contributed by atoms with E-state index in [1.807, 2.05) is 31.2 Å². The quantitative estimate of drug-likeness (QED) is 0.754. The minimum atomic E-state index is -0.434. The molecule has 0 spiro atoms. The van der Waals surface area contributed by atoms with E-state index in [-0.39, 0.29) is 30.3 Å². The van der Waals surface area contributed by atoms with E-state index in [9.17, 15) is 14.4 Å². The van der Waals surface area contributed by atoms with Crippen LogP contribution in [0.2, 0.25) is 0 Å². The van der Waals surface area contributed by atoms with Crippen LogP contribution in [0, 0.1) is 6.92 Å². The van der Waals surface area contributed by atoms with Crippen molar-refractivity contribution in [3.05, 3.63) is 51.7 Å². The molecule has 2 aromatic rings. The van der Waals surface area contributed by atoms with Gasteiger partial charge < -0.3 is 15.0 Å². The van der Waals surface area contributed by atoms with Crippen LogP contribution in [0.1, 0.15) is 34.6 Å². The third kappa shape index (κ3) is 4.24. The molecule has 0 radical (unpaired) electrons. The molecular weight excluding hydrogens is 374 g/mol. The van der Waals surface area contributed by atoms with Gasteiger partial charge in [-0.1, -0.05) is 29.8 Å². The van der Waals surface area contributed by atoms with Gasteiger partial charge in [0, 0.05) is 32.8 Å². The van der Waals surface area contributed by atoms with Crippen molar-refractivity contribution in [2.24, 2.45) is 0 Å². The topological polar surface area (TPSA) is 98.5 Å². The number of hydrogen-bond acceptors (Lipinski definition) is 5. The van der Waals surface area contributed by atoms with Gasteiger partial charge in [-0.25, -0.2) is 9.48 Å². The molecule has 2 aliphatic heterocycles. The van der Waals surface area contributed by atoms with Gasteiger partial charge in [-0.2, -0.15) is 0 Å². The zero-order chi connectivity index (χ0) is 20.4. The second kappa shape index (κ2) is 8.20. The highest BCUT2D eigenvalue weighted by Gasteiger charge is 2.30. The molecule has 9 heteroatoms. The lowest BCUT2D eigenvalue weighted by molar-refractivity contribution is -0.122. The summed E-state index contributed by atoms with van der Waals surface area (Å²) in [7, 11) is 0. The highest BCUT2D eigenvalue weighted by atomic mass is 16.5. The summed E-state index contributed by atoms with van der Waals surface area (Å²) < 4.78 is 7.89. The zero-order valence-corrected chi connectivity index (χ0v) is 16.5. The lowest BCUT2D eigenvalue weighted by atomic mass is 10.1. The fourth-order valence-electron chi connectivity index (χ4n) is 3.77. The number of fused-ring (bicyclic) bond motifs is 1. The molecule has 0 bridgehead atoms. The van der Waals surface area contributed by atoms with E-state index in [1.165, 1.54) is 4.57 Å². The Morgan fingerprint density at radius 3 is 2.93 bits per heavy atom. The van der Waals surface area contributed by atoms with Crippen LogP contribution >= 0.6 is 0 Å². The average molecular weight is 399 g/mol. The first-order valence-corrected chi connectivity index (χ1v) is 9.92. The summed E-state index contributed by atoms with van der Waals surface area (Å²) in [6, 6.07) is 7.97. The van der Waals surface area contributed by atoms with Crippen LogP contribution in [-0.2, 0) is 29.2 Å². The summed E-state index contributed by atoms with van der Waals surface area (Å²) >= 11 is 0. The Balaban J connectivity index is 1.42. The van der Waals surface area contributed by atoms with Crippen LogP contribution in [-0.4, -0.2) is 56.9 Å². The predicted molar refractivity (Wildman–Crippen MR) is 104 cm³/mol. The lowest BCUT2D eigenvalue weighted by Crippen LogP contribution is -2.42. The number of aryl methyl sites for hydroxylation is 1.